The molecule has 0 spiro atoms. The van der Waals surface area contributed by atoms with Gasteiger partial charge in [0.1, 0.15) is 16.5 Å². The first-order chi connectivity index (χ1) is 8.34. The number of hydrogen-bond acceptors (Lipinski definition) is 4. The third-order valence-electron chi connectivity index (χ3n) is 2.45. The van der Waals surface area contributed by atoms with Crippen LogP contribution >= 0.6 is 22.3 Å². The Kier molecular flexibility index (Phi) is 5.13. The van der Waals surface area contributed by atoms with Gasteiger partial charge in [0.05, 0.1) is 20.0 Å². The minimum Gasteiger partial charge on any atom is -0.495 e. The number of halogens is 2. The van der Waals surface area contributed by atoms with Crippen LogP contribution < -0.4 is 9.47 Å². The molecule has 0 aliphatic heterocycles. The summed E-state index contributed by atoms with van der Waals surface area (Å²) in [4.78, 5) is 0. The molecule has 0 saturated carbocycles. The zero-order valence-corrected chi connectivity index (χ0v) is 12.6. The molecule has 0 unspecified atom stereocenters. The van der Waals surface area contributed by atoms with Crippen LogP contribution in [0.15, 0.2) is 6.07 Å². The van der Waals surface area contributed by atoms with Crippen LogP contribution in [0.2, 0.25) is 5.02 Å². The van der Waals surface area contributed by atoms with Gasteiger partial charge in [0, 0.05) is 16.2 Å². The molecule has 0 atom stereocenters. The van der Waals surface area contributed by atoms with Gasteiger partial charge >= 0.3 is 0 Å². The van der Waals surface area contributed by atoms with Crippen molar-refractivity contribution in [1.82, 2.24) is 0 Å². The van der Waals surface area contributed by atoms with Crippen molar-refractivity contribution in [3.63, 3.8) is 0 Å². The smallest absolute Gasteiger partial charge is 0.236 e. The molecule has 102 valence electrons. The van der Waals surface area contributed by atoms with E-state index in [1.165, 1.54) is 14.2 Å². The van der Waals surface area contributed by atoms with Crippen molar-refractivity contribution in [2.45, 2.75) is 19.1 Å². The maximum Gasteiger partial charge on any atom is 0.236 e. The summed E-state index contributed by atoms with van der Waals surface area (Å²) in [6.07, 6.45) is 0.655. The van der Waals surface area contributed by atoms with Gasteiger partial charge in [-0.25, -0.2) is 8.42 Å². The van der Waals surface area contributed by atoms with E-state index in [1.807, 2.05) is 6.92 Å². The fraction of sp³-hybridized carbons (Fsp3) is 0.455. The average Bonchev–Trinajstić information content (AvgIpc) is 2.26. The Balaban J connectivity index is 3.47. The Labute approximate surface area is 116 Å². The number of ether oxygens (including phenoxy) is 2. The first-order valence-corrected chi connectivity index (χ1v) is 8.04. The van der Waals surface area contributed by atoms with Gasteiger partial charge < -0.3 is 9.47 Å². The van der Waals surface area contributed by atoms with E-state index in [1.54, 1.807) is 6.07 Å². The Morgan fingerprint density at radius 3 is 2.06 bits per heavy atom. The van der Waals surface area contributed by atoms with E-state index in [2.05, 4.69) is 0 Å². The first kappa shape index (κ1) is 15.4. The zero-order valence-electron chi connectivity index (χ0n) is 10.3. The Morgan fingerprint density at radius 2 is 1.67 bits per heavy atom. The molecule has 0 amide bonds. The van der Waals surface area contributed by atoms with Crippen molar-refractivity contribution in [2.75, 3.05) is 14.2 Å². The highest BCUT2D eigenvalue weighted by atomic mass is 35.7. The van der Waals surface area contributed by atoms with E-state index in [-0.39, 0.29) is 16.5 Å². The number of rotatable bonds is 5. The van der Waals surface area contributed by atoms with Crippen LogP contribution in [-0.2, 0) is 21.2 Å². The fourth-order valence-electron chi connectivity index (χ4n) is 1.72. The van der Waals surface area contributed by atoms with Crippen molar-refractivity contribution in [3.05, 3.63) is 22.2 Å². The van der Waals surface area contributed by atoms with E-state index in [0.29, 0.717) is 17.7 Å². The molecule has 4 nitrogen and oxygen atoms in total. The van der Waals surface area contributed by atoms with Crippen LogP contribution in [0.3, 0.4) is 0 Å². The second-order valence-corrected chi connectivity index (χ2v) is 6.77. The molecule has 0 aliphatic carbocycles. The highest BCUT2D eigenvalue weighted by Gasteiger charge is 2.20. The van der Waals surface area contributed by atoms with Crippen LogP contribution in [0.4, 0.5) is 0 Å². The van der Waals surface area contributed by atoms with Crippen molar-refractivity contribution in [3.8, 4) is 11.5 Å². The number of aryl methyl sites for hydroxylation is 1. The lowest BCUT2D eigenvalue weighted by atomic mass is 10.1. The number of methoxy groups -OCH3 is 2. The molecule has 0 aliphatic rings. The summed E-state index contributed by atoms with van der Waals surface area (Å²) in [5.41, 5.74) is 1.23. The summed E-state index contributed by atoms with van der Waals surface area (Å²) < 4.78 is 32.7. The number of hydrogen-bond donors (Lipinski definition) is 0. The van der Waals surface area contributed by atoms with Gasteiger partial charge in [0.2, 0.25) is 9.05 Å². The second kappa shape index (κ2) is 5.99. The molecule has 1 aromatic rings. The van der Waals surface area contributed by atoms with Gasteiger partial charge in [-0.15, -0.1) is 0 Å². The van der Waals surface area contributed by atoms with Crippen molar-refractivity contribution in [2.24, 2.45) is 0 Å². The van der Waals surface area contributed by atoms with Gasteiger partial charge in [-0.2, -0.15) is 0 Å². The van der Waals surface area contributed by atoms with Gasteiger partial charge in [-0.05, 0) is 18.1 Å². The fourth-order valence-corrected chi connectivity index (χ4v) is 3.06. The monoisotopic (exact) mass is 312 g/mol. The summed E-state index contributed by atoms with van der Waals surface area (Å²) >= 11 is 6.14. The van der Waals surface area contributed by atoms with Gasteiger partial charge in [0.15, 0.2) is 0 Å². The lowest BCUT2D eigenvalue weighted by molar-refractivity contribution is 0.389. The van der Waals surface area contributed by atoms with Gasteiger partial charge in [-0.3, -0.25) is 0 Å². The van der Waals surface area contributed by atoms with Crippen LogP contribution in [0.5, 0.6) is 11.5 Å². The quantitative estimate of drug-likeness (QED) is 0.784. The summed E-state index contributed by atoms with van der Waals surface area (Å²) in [6.45, 7) is 1.92. The second-order valence-electron chi connectivity index (χ2n) is 3.61. The van der Waals surface area contributed by atoms with Crippen molar-refractivity contribution < 1.29 is 17.9 Å². The standard InChI is InChI=1S/C11H14Cl2O4S/c1-4-7-5-8(6-18(13,14)15)11(17-3)9(12)10(7)16-2/h5H,4,6H2,1-3H3. The maximum absolute atomic E-state index is 11.2. The van der Waals surface area contributed by atoms with Crippen LogP contribution in [-0.4, -0.2) is 22.6 Å². The Bertz CT molecular complexity index is 540. The highest BCUT2D eigenvalue weighted by Crippen LogP contribution is 2.41. The molecule has 1 aromatic carbocycles. The Morgan fingerprint density at radius 1 is 1.17 bits per heavy atom. The van der Waals surface area contributed by atoms with Crippen LogP contribution in [0.1, 0.15) is 18.1 Å². The van der Waals surface area contributed by atoms with E-state index < -0.39 is 9.05 Å². The topological polar surface area (TPSA) is 52.6 Å². The predicted octanol–water partition coefficient (Wildman–Crippen LogP) is 2.99. The molecular formula is C11H14Cl2O4S. The van der Waals surface area contributed by atoms with E-state index in [0.717, 1.165) is 5.56 Å². The molecule has 1 rings (SSSR count). The predicted molar refractivity (Wildman–Crippen MR) is 72.4 cm³/mol. The van der Waals surface area contributed by atoms with E-state index in [4.69, 9.17) is 31.8 Å². The zero-order chi connectivity index (χ0) is 13.9. The normalized spacial score (nSPS) is 11.4. The third-order valence-corrected chi connectivity index (χ3v) is 3.77. The van der Waals surface area contributed by atoms with Crippen molar-refractivity contribution in [1.29, 1.82) is 0 Å². The molecule has 0 aromatic heterocycles. The molecule has 0 saturated heterocycles. The lowest BCUT2D eigenvalue weighted by Crippen LogP contribution is -2.03. The highest BCUT2D eigenvalue weighted by molar-refractivity contribution is 8.13. The average molecular weight is 313 g/mol. The van der Waals surface area contributed by atoms with E-state index >= 15 is 0 Å². The molecule has 0 fully saturated rings. The molecule has 0 bridgehead atoms. The molecule has 0 heterocycles. The van der Waals surface area contributed by atoms with Crippen LogP contribution in [0, 0.1) is 0 Å². The van der Waals surface area contributed by atoms with E-state index in [9.17, 15) is 8.42 Å². The summed E-state index contributed by atoms with van der Waals surface area (Å²) in [6, 6.07) is 1.68. The summed E-state index contributed by atoms with van der Waals surface area (Å²) in [5.74, 6) is 0.427. The number of benzene rings is 1. The molecule has 7 heteroatoms. The lowest BCUT2D eigenvalue weighted by Gasteiger charge is -2.16. The van der Waals surface area contributed by atoms with Gasteiger partial charge in [0.25, 0.3) is 0 Å². The summed E-state index contributed by atoms with van der Waals surface area (Å²) in [7, 11) is 4.49. The SMILES string of the molecule is CCc1cc(CS(=O)(=O)Cl)c(OC)c(Cl)c1OC. The third kappa shape index (κ3) is 3.43. The van der Waals surface area contributed by atoms with Crippen molar-refractivity contribution >= 4 is 31.3 Å². The molecule has 0 radical (unpaired) electrons. The van der Waals surface area contributed by atoms with Gasteiger partial charge in [-0.1, -0.05) is 18.5 Å². The molecular weight excluding hydrogens is 299 g/mol. The minimum absolute atomic E-state index is 0.259. The van der Waals surface area contributed by atoms with Crippen LogP contribution in [0.25, 0.3) is 0 Å². The minimum atomic E-state index is -3.68. The summed E-state index contributed by atoms with van der Waals surface area (Å²) in [5, 5.41) is 0.259. The first-order valence-electron chi connectivity index (χ1n) is 5.18. The Hall–Kier alpha value is -0.650. The maximum atomic E-state index is 11.2. The largest absolute Gasteiger partial charge is 0.495 e. The molecule has 0 N–H and O–H groups in total. The molecule has 18 heavy (non-hydrogen) atoms.